The van der Waals surface area contributed by atoms with Gasteiger partial charge in [-0.15, -0.1) is 0 Å². The predicted molar refractivity (Wildman–Crippen MR) is 107 cm³/mol. The van der Waals surface area contributed by atoms with E-state index in [1.54, 1.807) is 12.1 Å². The number of hydrogen-bond donors (Lipinski definition) is 2. The lowest BCUT2D eigenvalue weighted by atomic mass is 10.1. The van der Waals surface area contributed by atoms with Crippen LogP contribution in [0, 0.1) is 5.82 Å². The number of hydrogen-bond acceptors (Lipinski definition) is 3. The Hall–Kier alpha value is -3.38. The minimum absolute atomic E-state index is 0.172. The minimum atomic E-state index is -0.470. The summed E-state index contributed by atoms with van der Waals surface area (Å²) >= 11 is 0. The van der Waals surface area contributed by atoms with E-state index in [1.807, 2.05) is 59.9 Å². The van der Waals surface area contributed by atoms with Gasteiger partial charge in [-0.05, 0) is 36.4 Å². The molecule has 1 aliphatic rings. The maximum absolute atomic E-state index is 13.1. The van der Waals surface area contributed by atoms with Gasteiger partial charge in [-0.1, -0.05) is 42.5 Å². The fourth-order valence-electron chi connectivity index (χ4n) is 3.28. The smallest absolute Gasteiger partial charge is 0.287 e. The highest BCUT2D eigenvalue weighted by Crippen LogP contribution is 2.30. The number of benzene rings is 3. The monoisotopic (exact) mass is 393 g/mol. The molecule has 29 heavy (non-hydrogen) atoms. The quantitative estimate of drug-likeness (QED) is 0.677. The molecule has 5 nitrogen and oxygen atoms in total. The second kappa shape index (κ2) is 8.75. The summed E-state index contributed by atoms with van der Waals surface area (Å²) in [6, 6.07) is 22.4. The lowest BCUT2D eigenvalue weighted by molar-refractivity contribution is -0.687. The minimum Gasteiger partial charge on any atom is -0.486 e. The molecule has 6 heteroatoms. The Kier molecular flexibility index (Phi) is 5.72. The third-order valence-electron chi connectivity index (χ3n) is 4.76. The van der Waals surface area contributed by atoms with Crippen molar-refractivity contribution in [2.75, 3.05) is 18.5 Å². The summed E-state index contributed by atoms with van der Waals surface area (Å²) in [5.74, 6) is 0.922. The number of quaternary nitrogens is 1. The summed E-state index contributed by atoms with van der Waals surface area (Å²) in [4.78, 5) is 13.0. The Bertz CT molecular complexity index is 963. The molecule has 0 radical (unpaired) electrons. The molecule has 3 aromatic carbocycles. The number of anilines is 1. The average Bonchev–Trinajstić information content (AvgIpc) is 2.76. The predicted octanol–water partition coefficient (Wildman–Crippen LogP) is 2.91. The molecule has 3 N–H and O–H groups in total. The third-order valence-corrected chi connectivity index (χ3v) is 4.76. The van der Waals surface area contributed by atoms with Crippen LogP contribution < -0.4 is 20.1 Å². The van der Waals surface area contributed by atoms with Crippen molar-refractivity contribution < 1.29 is 24.0 Å². The highest BCUT2D eigenvalue weighted by molar-refractivity contribution is 5.94. The number of rotatable bonds is 6. The third kappa shape index (κ3) is 4.73. The maximum Gasteiger partial charge on any atom is 0.287 e. The fourth-order valence-corrected chi connectivity index (χ4v) is 3.28. The molecule has 4 rings (SSSR count). The summed E-state index contributed by atoms with van der Waals surface area (Å²) in [6.07, 6.45) is -0.172. The molecule has 0 saturated heterocycles. The van der Waals surface area contributed by atoms with E-state index in [9.17, 15) is 9.18 Å². The van der Waals surface area contributed by atoms with Gasteiger partial charge in [0.15, 0.2) is 23.6 Å². The maximum atomic E-state index is 13.1. The number of nitrogens with two attached hydrogens (primary N) is 1. The number of carbonyl (C=O) groups excluding carboxylic acids is 1. The van der Waals surface area contributed by atoms with Gasteiger partial charge in [-0.2, -0.15) is 0 Å². The van der Waals surface area contributed by atoms with Crippen LogP contribution in [0.4, 0.5) is 10.1 Å². The number of fused-ring (bicyclic) bond motifs is 1. The Morgan fingerprint density at radius 2 is 1.69 bits per heavy atom. The van der Waals surface area contributed by atoms with Gasteiger partial charge in [0.25, 0.3) is 5.91 Å². The van der Waals surface area contributed by atoms with E-state index in [-0.39, 0.29) is 17.8 Å². The molecule has 1 heterocycles. The average molecular weight is 393 g/mol. The zero-order chi connectivity index (χ0) is 20.1. The van der Waals surface area contributed by atoms with Crippen LogP contribution in [-0.4, -0.2) is 25.2 Å². The van der Waals surface area contributed by atoms with Crippen LogP contribution in [-0.2, 0) is 4.79 Å². The number of nitrogens with one attached hydrogen (secondary N) is 1. The van der Waals surface area contributed by atoms with Crippen molar-refractivity contribution in [3.05, 3.63) is 90.2 Å². The highest BCUT2D eigenvalue weighted by Gasteiger charge is 2.28. The SMILES string of the molecule is O=C(Nc1ccc(F)cc1)[C@H]([NH2+]C[C@@H]1COc2ccccc2O1)c1ccccc1. The number of para-hydroxylation sites is 2. The van der Waals surface area contributed by atoms with Crippen LogP contribution in [0.25, 0.3) is 0 Å². The van der Waals surface area contributed by atoms with Gasteiger partial charge in [0, 0.05) is 11.3 Å². The van der Waals surface area contributed by atoms with Gasteiger partial charge >= 0.3 is 0 Å². The fraction of sp³-hybridized carbons (Fsp3) is 0.174. The van der Waals surface area contributed by atoms with Gasteiger partial charge in [0.05, 0.1) is 0 Å². The summed E-state index contributed by atoms with van der Waals surface area (Å²) < 4.78 is 24.9. The van der Waals surface area contributed by atoms with Crippen molar-refractivity contribution in [1.82, 2.24) is 0 Å². The Labute approximate surface area is 168 Å². The van der Waals surface area contributed by atoms with Crippen LogP contribution in [0.15, 0.2) is 78.9 Å². The van der Waals surface area contributed by atoms with E-state index in [1.165, 1.54) is 12.1 Å². The summed E-state index contributed by atoms with van der Waals surface area (Å²) in [5.41, 5.74) is 1.43. The Balaban J connectivity index is 1.45. The molecule has 0 unspecified atom stereocenters. The lowest BCUT2D eigenvalue weighted by Crippen LogP contribution is -2.89. The summed E-state index contributed by atoms with van der Waals surface area (Å²) in [6.45, 7) is 0.972. The molecular formula is C23H22FN2O3+. The van der Waals surface area contributed by atoms with Crippen molar-refractivity contribution in [1.29, 1.82) is 0 Å². The number of halogens is 1. The van der Waals surface area contributed by atoms with Gasteiger partial charge in [-0.3, -0.25) is 4.79 Å². The topological polar surface area (TPSA) is 64.2 Å². The molecule has 0 bridgehead atoms. The first-order chi connectivity index (χ1) is 14.2. The highest BCUT2D eigenvalue weighted by atomic mass is 19.1. The number of amides is 1. The Morgan fingerprint density at radius 3 is 2.45 bits per heavy atom. The van der Waals surface area contributed by atoms with Gasteiger partial charge < -0.3 is 20.1 Å². The van der Waals surface area contributed by atoms with Crippen molar-refractivity contribution in [2.24, 2.45) is 0 Å². The Morgan fingerprint density at radius 1 is 1.00 bits per heavy atom. The molecule has 0 aliphatic carbocycles. The van der Waals surface area contributed by atoms with Crippen molar-refractivity contribution in [3.63, 3.8) is 0 Å². The molecule has 3 aromatic rings. The lowest BCUT2D eigenvalue weighted by Gasteiger charge is -2.26. The molecule has 0 spiro atoms. The number of ether oxygens (including phenoxy) is 2. The normalized spacial score (nSPS) is 16.1. The first-order valence-corrected chi connectivity index (χ1v) is 9.52. The molecule has 2 atom stereocenters. The summed E-state index contributed by atoms with van der Waals surface area (Å²) in [7, 11) is 0. The molecule has 1 amide bonds. The molecule has 0 saturated carbocycles. The van der Waals surface area contributed by atoms with Gasteiger partial charge in [0.1, 0.15) is 19.0 Å². The van der Waals surface area contributed by atoms with E-state index < -0.39 is 6.04 Å². The molecule has 0 fully saturated rings. The zero-order valence-electron chi connectivity index (χ0n) is 15.8. The zero-order valence-corrected chi connectivity index (χ0v) is 15.8. The molecule has 148 valence electrons. The second-order valence-electron chi connectivity index (χ2n) is 6.85. The van der Waals surface area contributed by atoms with Gasteiger partial charge in [0.2, 0.25) is 0 Å². The van der Waals surface area contributed by atoms with E-state index >= 15 is 0 Å². The van der Waals surface area contributed by atoms with Crippen LogP contribution >= 0.6 is 0 Å². The van der Waals surface area contributed by atoms with Crippen molar-refractivity contribution in [3.8, 4) is 11.5 Å². The number of carbonyl (C=O) groups is 1. The molecule has 1 aliphatic heterocycles. The van der Waals surface area contributed by atoms with Crippen LogP contribution in [0.2, 0.25) is 0 Å². The molecular weight excluding hydrogens is 371 g/mol. The van der Waals surface area contributed by atoms with Crippen LogP contribution in [0.5, 0.6) is 11.5 Å². The van der Waals surface area contributed by atoms with Crippen LogP contribution in [0.3, 0.4) is 0 Å². The first kappa shape index (κ1) is 19.0. The standard InChI is InChI=1S/C23H21FN2O3/c24-17-10-12-18(13-11-17)26-23(27)22(16-6-2-1-3-7-16)25-14-19-15-28-20-8-4-5-9-21(20)29-19/h1-13,19,22,25H,14-15H2,(H,26,27)/p+1/t19-,22-/m1/s1. The van der Waals surface area contributed by atoms with E-state index in [0.717, 1.165) is 11.3 Å². The van der Waals surface area contributed by atoms with Crippen molar-refractivity contribution in [2.45, 2.75) is 12.1 Å². The van der Waals surface area contributed by atoms with Gasteiger partial charge in [-0.25, -0.2) is 4.39 Å². The van der Waals surface area contributed by atoms with E-state index in [0.29, 0.717) is 24.6 Å². The van der Waals surface area contributed by atoms with Crippen molar-refractivity contribution >= 4 is 11.6 Å². The largest absolute Gasteiger partial charge is 0.486 e. The van der Waals surface area contributed by atoms with Crippen LogP contribution in [0.1, 0.15) is 11.6 Å². The summed E-state index contributed by atoms with van der Waals surface area (Å²) in [5, 5.41) is 4.80. The van der Waals surface area contributed by atoms with E-state index in [4.69, 9.17) is 9.47 Å². The molecule has 0 aromatic heterocycles. The first-order valence-electron chi connectivity index (χ1n) is 9.52. The van der Waals surface area contributed by atoms with E-state index in [2.05, 4.69) is 5.32 Å². The second-order valence-corrected chi connectivity index (χ2v) is 6.85.